The van der Waals surface area contributed by atoms with Crippen LogP contribution in [-0.4, -0.2) is 26.6 Å². The van der Waals surface area contributed by atoms with E-state index in [4.69, 9.17) is 13.7 Å². The Labute approximate surface area is 131 Å². The van der Waals surface area contributed by atoms with E-state index in [9.17, 15) is 18.5 Å². The van der Waals surface area contributed by atoms with Gasteiger partial charge in [0.1, 0.15) is 23.9 Å². The van der Waals surface area contributed by atoms with Gasteiger partial charge in [0.15, 0.2) is 11.5 Å². The topological polar surface area (TPSA) is 105 Å². The van der Waals surface area contributed by atoms with Crippen molar-refractivity contribution in [2.24, 2.45) is 0 Å². The van der Waals surface area contributed by atoms with Gasteiger partial charge in [-0.05, 0) is 18.2 Å². The summed E-state index contributed by atoms with van der Waals surface area (Å²) in [5.41, 5.74) is -0.264. The van der Waals surface area contributed by atoms with Crippen molar-refractivity contribution in [2.45, 2.75) is 4.90 Å². The molecule has 0 bridgehead atoms. The van der Waals surface area contributed by atoms with Crippen LogP contribution < -0.4 is 13.7 Å². The number of rotatable bonds is 4. The fourth-order valence-electron chi connectivity index (χ4n) is 2.00. The Morgan fingerprint density at radius 1 is 1.04 bits per heavy atom. The maximum atomic E-state index is 12.3. The average Bonchev–Trinajstić information content (AvgIpc) is 2.54. The number of fused-ring (bicyclic) bond motifs is 1. The fraction of sp³-hybridized carbons (Fsp3) is 0.143. The Balaban J connectivity index is 1.90. The van der Waals surface area contributed by atoms with E-state index in [1.165, 1.54) is 36.4 Å². The van der Waals surface area contributed by atoms with Crippen molar-refractivity contribution in [1.29, 1.82) is 0 Å². The molecule has 1 aliphatic heterocycles. The molecule has 2 aromatic rings. The Bertz CT molecular complexity index is 863. The highest BCUT2D eigenvalue weighted by molar-refractivity contribution is 7.87. The number of nitro benzene ring substituents is 1. The lowest BCUT2D eigenvalue weighted by molar-refractivity contribution is -0.384. The summed E-state index contributed by atoms with van der Waals surface area (Å²) in [4.78, 5) is 9.95. The summed E-state index contributed by atoms with van der Waals surface area (Å²) in [6, 6.07) is 9.02. The monoisotopic (exact) mass is 337 g/mol. The number of nitrogens with zero attached hydrogens (tertiary/aromatic N) is 1. The highest BCUT2D eigenvalue weighted by atomic mass is 32.2. The molecule has 8 nitrogen and oxygen atoms in total. The number of hydrogen-bond acceptors (Lipinski definition) is 7. The van der Waals surface area contributed by atoms with E-state index >= 15 is 0 Å². The smallest absolute Gasteiger partial charge is 0.339 e. The lowest BCUT2D eigenvalue weighted by Gasteiger charge is -2.18. The third kappa shape index (κ3) is 3.19. The normalized spacial score (nSPS) is 13.4. The molecule has 0 atom stereocenters. The molecule has 0 N–H and O–H groups in total. The molecule has 0 saturated heterocycles. The van der Waals surface area contributed by atoms with Gasteiger partial charge in [0.2, 0.25) is 0 Å². The Morgan fingerprint density at radius 2 is 1.78 bits per heavy atom. The SMILES string of the molecule is O=[N+]([O-])c1cccc(OS(=O)(=O)c2ccc3c(c2)OCCO3)c1. The molecule has 0 saturated carbocycles. The van der Waals surface area contributed by atoms with Crippen LogP contribution >= 0.6 is 0 Å². The van der Waals surface area contributed by atoms with E-state index in [2.05, 4.69) is 0 Å². The van der Waals surface area contributed by atoms with Crippen LogP contribution in [0.5, 0.6) is 17.2 Å². The summed E-state index contributed by atoms with van der Waals surface area (Å²) in [6.45, 7) is 0.714. The summed E-state index contributed by atoms with van der Waals surface area (Å²) in [5.74, 6) is 0.611. The van der Waals surface area contributed by atoms with E-state index in [0.717, 1.165) is 6.07 Å². The summed E-state index contributed by atoms with van der Waals surface area (Å²) >= 11 is 0. The molecule has 0 fully saturated rings. The Hall–Kier alpha value is -2.81. The first-order valence-corrected chi connectivity index (χ1v) is 7.95. The van der Waals surface area contributed by atoms with Crippen molar-refractivity contribution in [2.75, 3.05) is 13.2 Å². The van der Waals surface area contributed by atoms with Crippen LogP contribution in [0.3, 0.4) is 0 Å². The Morgan fingerprint density at radius 3 is 2.52 bits per heavy atom. The van der Waals surface area contributed by atoms with Crippen LogP contribution in [0.1, 0.15) is 0 Å². The molecule has 1 aliphatic rings. The third-order valence-electron chi connectivity index (χ3n) is 3.04. The first-order chi connectivity index (χ1) is 11.0. The largest absolute Gasteiger partial charge is 0.486 e. The minimum Gasteiger partial charge on any atom is -0.486 e. The molecule has 0 amide bonds. The van der Waals surface area contributed by atoms with E-state index in [-0.39, 0.29) is 16.3 Å². The standard InChI is InChI=1S/C14H11NO7S/c16-15(17)10-2-1-3-11(8-10)22-23(18,19)12-4-5-13-14(9-12)21-7-6-20-13/h1-5,8-9H,6-7H2. The molecule has 0 aliphatic carbocycles. The summed E-state index contributed by atoms with van der Waals surface area (Å²) in [7, 11) is -4.15. The first kappa shape index (κ1) is 15.1. The molecule has 0 aromatic heterocycles. The second-order valence-corrected chi connectivity index (χ2v) is 6.14. The van der Waals surface area contributed by atoms with Gasteiger partial charge in [0.05, 0.1) is 11.0 Å². The molecular weight excluding hydrogens is 326 g/mol. The second kappa shape index (κ2) is 5.76. The molecule has 0 radical (unpaired) electrons. The van der Waals surface area contributed by atoms with Gasteiger partial charge < -0.3 is 13.7 Å². The predicted octanol–water partition coefficient (Wildman–Crippen LogP) is 2.13. The van der Waals surface area contributed by atoms with Crippen molar-refractivity contribution in [1.82, 2.24) is 0 Å². The minimum atomic E-state index is -4.15. The maximum Gasteiger partial charge on any atom is 0.339 e. The zero-order valence-corrected chi connectivity index (χ0v) is 12.5. The van der Waals surface area contributed by atoms with Gasteiger partial charge in [-0.15, -0.1) is 0 Å². The van der Waals surface area contributed by atoms with Gasteiger partial charge in [-0.2, -0.15) is 8.42 Å². The van der Waals surface area contributed by atoms with Crippen molar-refractivity contribution in [3.05, 3.63) is 52.6 Å². The van der Waals surface area contributed by atoms with Crippen molar-refractivity contribution >= 4 is 15.8 Å². The van der Waals surface area contributed by atoms with Gasteiger partial charge in [-0.25, -0.2) is 0 Å². The molecule has 9 heteroatoms. The minimum absolute atomic E-state index is 0.131. The van der Waals surface area contributed by atoms with E-state index in [0.29, 0.717) is 24.7 Å². The van der Waals surface area contributed by atoms with E-state index in [1.54, 1.807) is 0 Å². The first-order valence-electron chi connectivity index (χ1n) is 6.54. The van der Waals surface area contributed by atoms with Crippen LogP contribution in [0.15, 0.2) is 47.4 Å². The lowest BCUT2D eigenvalue weighted by Crippen LogP contribution is -2.16. The molecule has 3 rings (SSSR count). The average molecular weight is 337 g/mol. The molecular formula is C14H11NO7S. The highest BCUT2D eigenvalue weighted by Gasteiger charge is 2.22. The fourth-order valence-corrected chi connectivity index (χ4v) is 2.94. The molecule has 1 heterocycles. The zero-order chi connectivity index (χ0) is 16.4. The van der Waals surface area contributed by atoms with Crippen LogP contribution in [0.25, 0.3) is 0 Å². The number of ether oxygens (including phenoxy) is 2. The van der Waals surface area contributed by atoms with Crippen molar-refractivity contribution in [3.63, 3.8) is 0 Å². The highest BCUT2D eigenvalue weighted by Crippen LogP contribution is 2.33. The van der Waals surface area contributed by atoms with Gasteiger partial charge >= 0.3 is 10.1 Å². The van der Waals surface area contributed by atoms with E-state index < -0.39 is 15.0 Å². The number of nitro groups is 1. The number of benzene rings is 2. The van der Waals surface area contributed by atoms with Crippen LogP contribution in [-0.2, 0) is 10.1 Å². The van der Waals surface area contributed by atoms with Crippen LogP contribution in [0.2, 0.25) is 0 Å². The Kier molecular flexibility index (Phi) is 3.78. The van der Waals surface area contributed by atoms with Crippen molar-refractivity contribution in [3.8, 4) is 17.2 Å². The molecule has 2 aromatic carbocycles. The van der Waals surface area contributed by atoms with Gasteiger partial charge in [0, 0.05) is 12.1 Å². The molecule has 0 unspecified atom stereocenters. The molecule has 0 spiro atoms. The van der Waals surface area contributed by atoms with Gasteiger partial charge in [0.25, 0.3) is 5.69 Å². The third-order valence-corrected chi connectivity index (χ3v) is 4.28. The summed E-state index contributed by atoms with van der Waals surface area (Å²) < 4.78 is 40.1. The maximum absolute atomic E-state index is 12.3. The quantitative estimate of drug-likeness (QED) is 0.478. The number of hydrogen-bond donors (Lipinski definition) is 0. The van der Waals surface area contributed by atoms with Crippen molar-refractivity contribution < 1.29 is 27.0 Å². The second-order valence-electron chi connectivity index (χ2n) is 4.60. The number of non-ortho nitro benzene ring substituents is 1. The van der Waals surface area contributed by atoms with Gasteiger partial charge in [-0.3, -0.25) is 10.1 Å². The summed E-state index contributed by atoms with van der Waals surface area (Å²) in [6.07, 6.45) is 0. The van der Waals surface area contributed by atoms with Crippen LogP contribution in [0.4, 0.5) is 5.69 Å². The predicted molar refractivity (Wildman–Crippen MR) is 78.3 cm³/mol. The van der Waals surface area contributed by atoms with Gasteiger partial charge in [-0.1, -0.05) is 6.07 Å². The zero-order valence-electron chi connectivity index (χ0n) is 11.7. The van der Waals surface area contributed by atoms with Crippen LogP contribution in [0, 0.1) is 10.1 Å². The summed E-state index contributed by atoms with van der Waals surface area (Å²) in [5, 5.41) is 10.7. The molecule has 23 heavy (non-hydrogen) atoms. The lowest BCUT2D eigenvalue weighted by atomic mass is 10.3. The van der Waals surface area contributed by atoms with E-state index in [1.807, 2.05) is 0 Å². The molecule has 120 valence electrons.